The van der Waals surface area contributed by atoms with E-state index in [1.54, 1.807) is 31.2 Å². The first-order valence-corrected chi connectivity index (χ1v) is 6.85. The molecule has 1 amide bonds. The van der Waals surface area contributed by atoms with Crippen LogP contribution < -0.4 is 16.2 Å². The highest BCUT2D eigenvalue weighted by Crippen LogP contribution is 2.16. The smallest absolute Gasteiger partial charge is 0.255 e. The maximum Gasteiger partial charge on any atom is 0.255 e. The number of anilines is 3. The lowest BCUT2D eigenvalue weighted by molar-refractivity contribution is -0.114. The average Bonchev–Trinajstić information content (AvgIpc) is 2.44. The highest BCUT2D eigenvalue weighted by Gasteiger charge is 2.07. The van der Waals surface area contributed by atoms with Crippen molar-refractivity contribution in [1.29, 1.82) is 0 Å². The van der Waals surface area contributed by atoms with Crippen molar-refractivity contribution in [3.05, 3.63) is 45.9 Å². The predicted octanol–water partition coefficient (Wildman–Crippen LogP) is 1.32. The molecule has 0 aliphatic rings. The van der Waals surface area contributed by atoms with Crippen LogP contribution in [0.4, 0.5) is 17.3 Å². The van der Waals surface area contributed by atoms with Gasteiger partial charge in [-0.25, -0.2) is 4.98 Å². The van der Waals surface area contributed by atoms with Crippen LogP contribution >= 0.6 is 0 Å². The zero-order chi connectivity index (χ0) is 16.1. The SMILES string of the molecule is CC(=O)Nc1ccc(Nc2nc(C)c(CCO)c(=O)[nH]2)cc1. The standard InChI is InChI=1S/C15H18N4O3/c1-9-13(7-8-20)14(22)19-15(16-9)18-12-5-3-11(4-6-12)17-10(2)21/h3-6,20H,7-8H2,1-2H3,(H,17,21)(H2,16,18,19,22). The summed E-state index contributed by atoms with van der Waals surface area (Å²) < 4.78 is 0. The van der Waals surface area contributed by atoms with E-state index in [0.717, 1.165) is 5.69 Å². The average molecular weight is 302 g/mol. The van der Waals surface area contributed by atoms with Crippen LogP contribution in [0.25, 0.3) is 0 Å². The van der Waals surface area contributed by atoms with Gasteiger partial charge in [0.2, 0.25) is 11.9 Å². The Morgan fingerprint density at radius 1 is 1.27 bits per heavy atom. The zero-order valence-corrected chi connectivity index (χ0v) is 12.4. The van der Waals surface area contributed by atoms with Crippen molar-refractivity contribution >= 4 is 23.2 Å². The molecule has 0 aliphatic heterocycles. The van der Waals surface area contributed by atoms with Crippen molar-refractivity contribution in [2.24, 2.45) is 0 Å². The highest BCUT2D eigenvalue weighted by molar-refractivity contribution is 5.88. The van der Waals surface area contributed by atoms with Crippen LogP contribution in [0.2, 0.25) is 0 Å². The van der Waals surface area contributed by atoms with Crippen molar-refractivity contribution in [2.75, 3.05) is 17.2 Å². The molecule has 0 atom stereocenters. The third kappa shape index (κ3) is 3.92. The topological polar surface area (TPSA) is 107 Å². The van der Waals surface area contributed by atoms with E-state index < -0.39 is 0 Å². The molecule has 1 heterocycles. The van der Waals surface area contributed by atoms with Crippen LogP contribution in [0.15, 0.2) is 29.1 Å². The van der Waals surface area contributed by atoms with E-state index in [1.165, 1.54) is 6.92 Å². The predicted molar refractivity (Wildman–Crippen MR) is 84.4 cm³/mol. The van der Waals surface area contributed by atoms with Gasteiger partial charge in [-0.3, -0.25) is 14.6 Å². The lowest BCUT2D eigenvalue weighted by Crippen LogP contribution is -2.19. The van der Waals surface area contributed by atoms with Crippen molar-refractivity contribution in [1.82, 2.24) is 9.97 Å². The molecule has 116 valence electrons. The molecule has 22 heavy (non-hydrogen) atoms. The van der Waals surface area contributed by atoms with E-state index in [-0.39, 0.29) is 24.5 Å². The highest BCUT2D eigenvalue weighted by atomic mass is 16.3. The molecule has 4 N–H and O–H groups in total. The zero-order valence-electron chi connectivity index (χ0n) is 12.4. The van der Waals surface area contributed by atoms with Crippen LogP contribution in [-0.4, -0.2) is 27.6 Å². The third-order valence-corrected chi connectivity index (χ3v) is 3.05. The maximum absolute atomic E-state index is 11.9. The summed E-state index contributed by atoms with van der Waals surface area (Å²) in [5, 5.41) is 14.6. The van der Waals surface area contributed by atoms with Gasteiger partial charge >= 0.3 is 0 Å². The van der Waals surface area contributed by atoms with Gasteiger partial charge < -0.3 is 15.7 Å². The lowest BCUT2D eigenvalue weighted by Gasteiger charge is -2.09. The van der Waals surface area contributed by atoms with E-state index in [2.05, 4.69) is 20.6 Å². The molecule has 0 saturated carbocycles. The van der Waals surface area contributed by atoms with Gasteiger partial charge in [-0.15, -0.1) is 0 Å². The number of carbonyl (C=O) groups is 1. The maximum atomic E-state index is 11.9. The number of hydrogen-bond donors (Lipinski definition) is 4. The Kier molecular flexibility index (Phi) is 4.90. The van der Waals surface area contributed by atoms with Gasteiger partial charge in [0.1, 0.15) is 0 Å². The first kappa shape index (κ1) is 15.7. The lowest BCUT2D eigenvalue weighted by atomic mass is 10.2. The van der Waals surface area contributed by atoms with E-state index in [9.17, 15) is 9.59 Å². The van der Waals surface area contributed by atoms with Gasteiger partial charge in [0.25, 0.3) is 5.56 Å². The van der Waals surface area contributed by atoms with E-state index in [1.807, 2.05) is 0 Å². The Labute approximate surface area is 127 Å². The summed E-state index contributed by atoms with van der Waals surface area (Å²) >= 11 is 0. The Morgan fingerprint density at radius 3 is 2.45 bits per heavy atom. The molecule has 0 bridgehead atoms. The summed E-state index contributed by atoms with van der Waals surface area (Å²) in [6, 6.07) is 7.02. The van der Waals surface area contributed by atoms with Gasteiger partial charge in [0.05, 0.1) is 5.69 Å². The number of nitrogens with one attached hydrogen (secondary N) is 3. The summed E-state index contributed by atoms with van der Waals surface area (Å²) in [6.45, 7) is 3.08. The number of H-pyrrole nitrogens is 1. The minimum atomic E-state index is -0.265. The molecule has 7 nitrogen and oxygen atoms in total. The van der Waals surface area contributed by atoms with Crippen molar-refractivity contribution in [3.63, 3.8) is 0 Å². The number of aromatic amines is 1. The van der Waals surface area contributed by atoms with Gasteiger partial charge in [-0.1, -0.05) is 0 Å². The van der Waals surface area contributed by atoms with Gasteiger partial charge in [0.15, 0.2) is 0 Å². The second kappa shape index (κ2) is 6.86. The normalized spacial score (nSPS) is 10.3. The quantitative estimate of drug-likeness (QED) is 0.666. The first-order chi connectivity index (χ1) is 10.5. The number of aromatic nitrogens is 2. The number of carbonyl (C=O) groups excluding carboxylic acids is 1. The Bertz CT molecular complexity index is 723. The van der Waals surface area contributed by atoms with Crippen LogP contribution in [0, 0.1) is 6.92 Å². The number of benzene rings is 1. The van der Waals surface area contributed by atoms with E-state index in [0.29, 0.717) is 22.9 Å². The summed E-state index contributed by atoms with van der Waals surface area (Å²) in [7, 11) is 0. The molecule has 0 aliphatic carbocycles. The number of amides is 1. The molecule has 0 unspecified atom stereocenters. The fourth-order valence-corrected chi connectivity index (χ4v) is 2.05. The van der Waals surface area contributed by atoms with Gasteiger partial charge in [0, 0.05) is 36.9 Å². The van der Waals surface area contributed by atoms with Gasteiger partial charge in [-0.05, 0) is 31.2 Å². The first-order valence-electron chi connectivity index (χ1n) is 6.85. The monoisotopic (exact) mass is 302 g/mol. The minimum absolute atomic E-state index is 0.0943. The van der Waals surface area contributed by atoms with Crippen LogP contribution in [0.1, 0.15) is 18.2 Å². The third-order valence-electron chi connectivity index (χ3n) is 3.05. The summed E-state index contributed by atoms with van der Waals surface area (Å²) in [5.74, 6) is 0.193. The van der Waals surface area contributed by atoms with Crippen molar-refractivity contribution in [3.8, 4) is 0 Å². The number of hydrogen-bond acceptors (Lipinski definition) is 5. The summed E-state index contributed by atoms with van der Waals surface area (Å²) in [6.07, 6.45) is 0.278. The molecular weight excluding hydrogens is 284 g/mol. The van der Waals surface area contributed by atoms with E-state index in [4.69, 9.17) is 5.11 Å². The van der Waals surface area contributed by atoms with Crippen LogP contribution in [0.3, 0.4) is 0 Å². The van der Waals surface area contributed by atoms with Gasteiger partial charge in [-0.2, -0.15) is 0 Å². The second-order valence-corrected chi connectivity index (χ2v) is 4.84. The van der Waals surface area contributed by atoms with Crippen molar-refractivity contribution < 1.29 is 9.90 Å². The van der Waals surface area contributed by atoms with Crippen molar-refractivity contribution in [2.45, 2.75) is 20.3 Å². The summed E-state index contributed by atoms with van der Waals surface area (Å²) in [4.78, 5) is 29.8. The Hall–Kier alpha value is -2.67. The molecule has 1 aromatic carbocycles. The molecule has 1 aromatic heterocycles. The molecule has 0 radical (unpaired) electrons. The molecule has 2 aromatic rings. The molecule has 2 rings (SSSR count). The van der Waals surface area contributed by atoms with E-state index >= 15 is 0 Å². The molecule has 0 fully saturated rings. The largest absolute Gasteiger partial charge is 0.396 e. The number of aliphatic hydroxyl groups is 1. The fourth-order valence-electron chi connectivity index (χ4n) is 2.05. The minimum Gasteiger partial charge on any atom is -0.396 e. The molecular formula is C15H18N4O3. The van der Waals surface area contributed by atoms with Crippen LogP contribution in [0.5, 0.6) is 0 Å². The number of nitrogens with zero attached hydrogens (tertiary/aromatic N) is 1. The Morgan fingerprint density at radius 2 is 1.91 bits per heavy atom. The second-order valence-electron chi connectivity index (χ2n) is 4.84. The van der Waals surface area contributed by atoms with Crippen LogP contribution in [-0.2, 0) is 11.2 Å². The number of rotatable bonds is 5. The summed E-state index contributed by atoms with van der Waals surface area (Å²) in [5.41, 5.74) is 2.21. The molecule has 7 heteroatoms. The number of aliphatic hydroxyl groups excluding tert-OH is 1. The number of aryl methyl sites for hydroxylation is 1. The molecule has 0 spiro atoms. The molecule has 0 saturated heterocycles. The Balaban J connectivity index is 2.17. The fraction of sp³-hybridized carbons (Fsp3) is 0.267.